The van der Waals surface area contributed by atoms with Crippen molar-refractivity contribution in [2.75, 3.05) is 33.4 Å². The highest BCUT2D eigenvalue weighted by atomic mass is 32.1. The number of morpholine rings is 1. The number of nitrogens with zero attached hydrogens (tertiary/aromatic N) is 4. The lowest BCUT2D eigenvalue weighted by atomic mass is 10.1. The number of benzene rings is 1. The van der Waals surface area contributed by atoms with E-state index in [1.165, 1.54) is 23.3 Å². The molecule has 1 unspecified atom stereocenters. The van der Waals surface area contributed by atoms with Crippen molar-refractivity contribution >= 4 is 23.3 Å². The molecule has 2 atom stereocenters. The molecule has 2 aromatic heterocycles. The topological polar surface area (TPSA) is 116 Å². The standard InChI is InChI=1S/C25H26F3N5O5S/c1-14-9-29-22(39-14)17-6-16(21(34)32-15(2)18-10-30-23(31-11-18)25(26,27)28)7-19(8-17)38-13-20-12-33(4-5-37-20)24(35)36-3/h6-11,15,20H,4-5,12-13H2,1-3H3,(H,32,34)/t15?,20-/m1/s1. The Kier molecular flexibility index (Phi) is 8.65. The summed E-state index contributed by atoms with van der Waals surface area (Å²) in [5.41, 5.74) is 1.22. The molecular formula is C25H26F3N5O5S. The number of hydrogen-bond acceptors (Lipinski definition) is 9. The molecule has 208 valence electrons. The maximum absolute atomic E-state index is 13.2. The third-order valence-corrected chi connectivity index (χ3v) is 6.78. The molecule has 3 heterocycles. The molecule has 2 amide bonds. The Balaban J connectivity index is 1.51. The van der Waals surface area contributed by atoms with Gasteiger partial charge in [0.25, 0.3) is 5.91 Å². The number of carbonyl (C=O) groups excluding carboxylic acids is 2. The van der Waals surface area contributed by atoms with Gasteiger partial charge in [-0.1, -0.05) is 0 Å². The molecule has 3 aromatic rings. The molecule has 0 spiro atoms. The predicted octanol–water partition coefficient (Wildman–Crippen LogP) is 4.26. The molecule has 10 nitrogen and oxygen atoms in total. The van der Waals surface area contributed by atoms with E-state index in [0.717, 1.165) is 17.3 Å². The van der Waals surface area contributed by atoms with Crippen molar-refractivity contribution in [1.29, 1.82) is 0 Å². The Morgan fingerprint density at radius 3 is 2.59 bits per heavy atom. The van der Waals surface area contributed by atoms with Crippen molar-refractivity contribution < 1.29 is 37.0 Å². The number of methoxy groups -OCH3 is 1. The molecule has 0 bridgehead atoms. The molecule has 0 radical (unpaired) electrons. The van der Waals surface area contributed by atoms with Crippen molar-refractivity contribution in [3.05, 3.63) is 58.6 Å². The molecule has 4 rings (SSSR count). The third-order valence-electron chi connectivity index (χ3n) is 5.82. The van der Waals surface area contributed by atoms with E-state index in [1.54, 1.807) is 31.3 Å². The number of alkyl halides is 3. The fourth-order valence-electron chi connectivity index (χ4n) is 3.80. The van der Waals surface area contributed by atoms with Gasteiger partial charge in [-0.3, -0.25) is 4.79 Å². The largest absolute Gasteiger partial charge is 0.491 e. The first-order chi connectivity index (χ1) is 18.5. The summed E-state index contributed by atoms with van der Waals surface area (Å²) in [5.74, 6) is -1.35. The van der Waals surface area contributed by atoms with Crippen LogP contribution in [0.2, 0.25) is 0 Å². The number of thiazole rings is 1. The van der Waals surface area contributed by atoms with Crippen molar-refractivity contribution in [2.45, 2.75) is 32.2 Å². The van der Waals surface area contributed by atoms with E-state index < -0.39 is 36.1 Å². The Hall–Kier alpha value is -3.78. The average molecular weight is 566 g/mol. The van der Waals surface area contributed by atoms with Crippen LogP contribution < -0.4 is 10.1 Å². The van der Waals surface area contributed by atoms with E-state index in [0.29, 0.717) is 35.0 Å². The number of amides is 2. The second kappa shape index (κ2) is 11.9. The first-order valence-corrected chi connectivity index (χ1v) is 12.7. The zero-order valence-electron chi connectivity index (χ0n) is 21.3. The lowest BCUT2D eigenvalue weighted by Crippen LogP contribution is -2.47. The highest BCUT2D eigenvalue weighted by molar-refractivity contribution is 7.14. The molecule has 1 aliphatic heterocycles. The first kappa shape index (κ1) is 28.2. The number of aryl methyl sites for hydroxylation is 1. The molecule has 1 fully saturated rings. The fourth-order valence-corrected chi connectivity index (χ4v) is 4.55. The minimum Gasteiger partial charge on any atom is -0.491 e. The second-order valence-electron chi connectivity index (χ2n) is 8.77. The number of rotatable bonds is 7. The molecule has 1 N–H and O–H groups in total. The molecule has 39 heavy (non-hydrogen) atoms. The maximum atomic E-state index is 13.2. The number of halogens is 3. The van der Waals surface area contributed by atoms with Gasteiger partial charge in [0.1, 0.15) is 23.5 Å². The third kappa shape index (κ3) is 7.20. The number of aromatic nitrogens is 3. The van der Waals surface area contributed by atoms with Crippen LogP contribution in [0, 0.1) is 6.92 Å². The Labute approximate surface area is 226 Å². The summed E-state index contributed by atoms with van der Waals surface area (Å²) in [4.78, 5) is 38.6. The van der Waals surface area contributed by atoms with Crippen molar-refractivity contribution in [2.24, 2.45) is 0 Å². The summed E-state index contributed by atoms with van der Waals surface area (Å²) in [5, 5.41) is 3.44. The smallest absolute Gasteiger partial charge is 0.451 e. The van der Waals surface area contributed by atoms with Crippen LogP contribution in [0.15, 0.2) is 36.8 Å². The summed E-state index contributed by atoms with van der Waals surface area (Å²) in [7, 11) is 1.31. The summed E-state index contributed by atoms with van der Waals surface area (Å²) in [6, 6.07) is 4.29. The van der Waals surface area contributed by atoms with Gasteiger partial charge in [-0.05, 0) is 32.0 Å². The van der Waals surface area contributed by atoms with Gasteiger partial charge in [0.2, 0.25) is 5.82 Å². The molecular weight excluding hydrogens is 539 g/mol. The SMILES string of the molecule is COC(=O)N1CCO[C@@H](COc2cc(C(=O)NC(C)c3cnc(C(F)(F)F)nc3)cc(-c3ncc(C)s3)c2)C1. The fraction of sp³-hybridized carbons (Fsp3) is 0.400. The zero-order valence-corrected chi connectivity index (χ0v) is 22.1. The predicted molar refractivity (Wildman–Crippen MR) is 134 cm³/mol. The van der Waals surface area contributed by atoms with Gasteiger partial charge in [0.05, 0.1) is 26.3 Å². The van der Waals surface area contributed by atoms with Crippen LogP contribution in [0.3, 0.4) is 0 Å². The van der Waals surface area contributed by atoms with Gasteiger partial charge in [0, 0.05) is 46.7 Å². The van der Waals surface area contributed by atoms with Crippen LogP contribution in [0.5, 0.6) is 5.75 Å². The monoisotopic (exact) mass is 565 g/mol. The molecule has 1 aliphatic rings. The van der Waals surface area contributed by atoms with Crippen molar-refractivity contribution in [3.8, 4) is 16.3 Å². The van der Waals surface area contributed by atoms with E-state index in [9.17, 15) is 22.8 Å². The van der Waals surface area contributed by atoms with Crippen LogP contribution in [0.1, 0.15) is 39.6 Å². The minimum absolute atomic E-state index is 0.119. The number of ether oxygens (including phenoxy) is 3. The molecule has 1 saturated heterocycles. The van der Waals surface area contributed by atoms with Gasteiger partial charge < -0.3 is 24.4 Å². The van der Waals surface area contributed by atoms with E-state index in [1.807, 2.05) is 6.92 Å². The summed E-state index contributed by atoms with van der Waals surface area (Å²) < 4.78 is 54.8. The lowest BCUT2D eigenvalue weighted by Gasteiger charge is -2.31. The molecule has 1 aromatic carbocycles. The Bertz CT molecular complexity index is 1320. The molecule has 0 aliphatic carbocycles. The summed E-state index contributed by atoms with van der Waals surface area (Å²) in [6.45, 7) is 4.68. The number of carbonyl (C=O) groups is 2. The van der Waals surface area contributed by atoms with E-state index in [-0.39, 0.29) is 18.7 Å². The van der Waals surface area contributed by atoms with E-state index in [4.69, 9.17) is 14.2 Å². The van der Waals surface area contributed by atoms with Crippen LogP contribution >= 0.6 is 11.3 Å². The maximum Gasteiger partial charge on any atom is 0.451 e. The highest BCUT2D eigenvalue weighted by Crippen LogP contribution is 2.30. The Morgan fingerprint density at radius 2 is 1.95 bits per heavy atom. The average Bonchev–Trinajstić information content (AvgIpc) is 3.37. The summed E-state index contributed by atoms with van der Waals surface area (Å²) in [6.07, 6.45) is -1.72. The zero-order chi connectivity index (χ0) is 28.2. The summed E-state index contributed by atoms with van der Waals surface area (Å²) >= 11 is 1.45. The van der Waals surface area contributed by atoms with Gasteiger partial charge in [-0.2, -0.15) is 13.2 Å². The van der Waals surface area contributed by atoms with Crippen LogP contribution in [-0.2, 0) is 15.7 Å². The van der Waals surface area contributed by atoms with Gasteiger partial charge in [-0.25, -0.2) is 19.7 Å². The van der Waals surface area contributed by atoms with Gasteiger partial charge in [-0.15, -0.1) is 11.3 Å². The van der Waals surface area contributed by atoms with Crippen LogP contribution in [0.25, 0.3) is 10.6 Å². The highest BCUT2D eigenvalue weighted by Gasteiger charge is 2.34. The first-order valence-electron chi connectivity index (χ1n) is 11.9. The minimum atomic E-state index is -4.66. The normalized spacial score (nSPS) is 16.5. The lowest BCUT2D eigenvalue weighted by molar-refractivity contribution is -0.145. The van der Waals surface area contributed by atoms with E-state index >= 15 is 0 Å². The number of nitrogens with one attached hydrogen (secondary N) is 1. The van der Waals surface area contributed by atoms with Crippen LogP contribution in [0.4, 0.5) is 18.0 Å². The molecule has 14 heteroatoms. The number of hydrogen-bond donors (Lipinski definition) is 1. The molecule has 0 saturated carbocycles. The van der Waals surface area contributed by atoms with Gasteiger partial charge in [0.15, 0.2) is 0 Å². The van der Waals surface area contributed by atoms with Gasteiger partial charge >= 0.3 is 12.3 Å². The van der Waals surface area contributed by atoms with Crippen molar-refractivity contribution in [3.63, 3.8) is 0 Å². The van der Waals surface area contributed by atoms with E-state index in [2.05, 4.69) is 20.3 Å². The second-order valence-corrected chi connectivity index (χ2v) is 10.0. The van der Waals surface area contributed by atoms with Crippen LogP contribution in [-0.4, -0.2) is 71.4 Å². The Morgan fingerprint density at radius 1 is 1.21 bits per heavy atom. The quantitative estimate of drug-likeness (QED) is 0.452. The van der Waals surface area contributed by atoms with Crippen molar-refractivity contribution in [1.82, 2.24) is 25.2 Å².